The maximum absolute atomic E-state index is 5.36. The summed E-state index contributed by atoms with van der Waals surface area (Å²) in [5.74, 6) is 2.54. The monoisotopic (exact) mass is 512 g/mol. The number of aliphatic imine (C=N–C) groups is 1. The summed E-state index contributed by atoms with van der Waals surface area (Å²) < 4.78 is 10.6. The lowest BCUT2D eigenvalue weighted by atomic mass is 10.1. The number of likely N-dealkylation sites (N-methyl/N-ethyl adjacent to an activating group) is 1. The highest BCUT2D eigenvalue weighted by molar-refractivity contribution is 14.0. The van der Waals surface area contributed by atoms with Crippen LogP contribution in [-0.4, -0.2) is 59.3 Å². The maximum atomic E-state index is 5.36. The summed E-state index contributed by atoms with van der Waals surface area (Å²) in [4.78, 5) is 6.52. The number of guanidine groups is 1. The highest BCUT2D eigenvalue weighted by Gasteiger charge is 2.15. The van der Waals surface area contributed by atoms with Crippen molar-refractivity contribution in [2.75, 3.05) is 48.5 Å². The lowest BCUT2D eigenvalue weighted by Gasteiger charge is -2.26. The van der Waals surface area contributed by atoms with Crippen molar-refractivity contribution in [1.82, 2.24) is 15.5 Å². The van der Waals surface area contributed by atoms with E-state index in [0.717, 1.165) is 37.0 Å². The van der Waals surface area contributed by atoms with Crippen molar-refractivity contribution < 1.29 is 9.47 Å². The molecule has 0 aromatic heterocycles. The van der Waals surface area contributed by atoms with Crippen molar-refractivity contribution in [3.63, 3.8) is 0 Å². The molecule has 0 heterocycles. The van der Waals surface area contributed by atoms with E-state index in [-0.39, 0.29) is 30.0 Å². The molecule has 2 aromatic rings. The molecule has 6 nitrogen and oxygen atoms in total. The number of hydrogen-bond acceptors (Lipinski definition) is 4. The minimum atomic E-state index is 0. The van der Waals surface area contributed by atoms with Gasteiger partial charge < -0.3 is 25.0 Å². The Morgan fingerprint density at radius 2 is 1.69 bits per heavy atom. The average molecular weight is 512 g/mol. The Morgan fingerprint density at radius 1 is 1.00 bits per heavy atom. The van der Waals surface area contributed by atoms with E-state index in [0.29, 0.717) is 0 Å². The molecule has 0 aliphatic heterocycles. The minimum absolute atomic E-state index is 0. The van der Waals surface area contributed by atoms with Crippen molar-refractivity contribution in [2.24, 2.45) is 4.99 Å². The van der Waals surface area contributed by atoms with E-state index in [1.54, 1.807) is 21.3 Å². The molecule has 2 aromatic carbocycles. The van der Waals surface area contributed by atoms with Crippen LogP contribution in [0.4, 0.5) is 0 Å². The second-order valence-electron chi connectivity index (χ2n) is 6.73. The Hall–Kier alpha value is -2.00. The number of ether oxygens (including phenoxy) is 2. The SMILES string of the molecule is CN=C(NCCc1ccc(OC)cc1)NCC(c1cccc(OC)c1)N(C)C.I. The molecule has 2 rings (SSSR count). The van der Waals surface area contributed by atoms with Crippen LogP contribution in [0.5, 0.6) is 11.5 Å². The molecule has 0 spiro atoms. The first kappa shape index (κ1) is 25.0. The highest BCUT2D eigenvalue weighted by atomic mass is 127. The Morgan fingerprint density at radius 3 is 2.28 bits per heavy atom. The summed E-state index contributed by atoms with van der Waals surface area (Å²) >= 11 is 0. The first-order valence-corrected chi connectivity index (χ1v) is 9.45. The normalized spacial score (nSPS) is 12.1. The molecule has 1 unspecified atom stereocenters. The topological polar surface area (TPSA) is 58.1 Å². The van der Waals surface area contributed by atoms with Crippen molar-refractivity contribution in [3.8, 4) is 11.5 Å². The third-order valence-electron chi connectivity index (χ3n) is 4.65. The van der Waals surface area contributed by atoms with Gasteiger partial charge in [-0.3, -0.25) is 4.99 Å². The van der Waals surface area contributed by atoms with Gasteiger partial charge in [0.15, 0.2) is 5.96 Å². The van der Waals surface area contributed by atoms with Gasteiger partial charge in [-0.15, -0.1) is 24.0 Å². The molecule has 0 aliphatic rings. The Bertz CT molecular complexity index is 751. The van der Waals surface area contributed by atoms with Gasteiger partial charge in [-0.1, -0.05) is 24.3 Å². The molecular weight excluding hydrogens is 479 g/mol. The number of methoxy groups -OCH3 is 2. The molecule has 0 fully saturated rings. The van der Waals surface area contributed by atoms with Crippen LogP contribution in [0.2, 0.25) is 0 Å². The molecule has 0 aliphatic carbocycles. The molecule has 0 amide bonds. The molecule has 7 heteroatoms. The smallest absolute Gasteiger partial charge is 0.191 e. The lowest BCUT2D eigenvalue weighted by Crippen LogP contribution is -2.42. The molecule has 29 heavy (non-hydrogen) atoms. The lowest BCUT2D eigenvalue weighted by molar-refractivity contribution is 0.297. The van der Waals surface area contributed by atoms with E-state index < -0.39 is 0 Å². The molecule has 160 valence electrons. The molecule has 0 saturated carbocycles. The average Bonchev–Trinajstić information content (AvgIpc) is 2.73. The van der Waals surface area contributed by atoms with Crippen molar-refractivity contribution in [1.29, 1.82) is 0 Å². The van der Waals surface area contributed by atoms with Gasteiger partial charge in [-0.25, -0.2) is 0 Å². The first-order chi connectivity index (χ1) is 13.6. The quantitative estimate of drug-likeness (QED) is 0.307. The summed E-state index contributed by atoms with van der Waals surface area (Å²) in [5.41, 5.74) is 2.46. The van der Waals surface area contributed by atoms with Crippen molar-refractivity contribution in [3.05, 3.63) is 59.7 Å². The van der Waals surface area contributed by atoms with Crippen molar-refractivity contribution >= 4 is 29.9 Å². The van der Waals surface area contributed by atoms with Crippen molar-refractivity contribution in [2.45, 2.75) is 12.5 Å². The van der Waals surface area contributed by atoms with Crippen LogP contribution in [0.25, 0.3) is 0 Å². The maximum Gasteiger partial charge on any atom is 0.191 e. The van der Waals surface area contributed by atoms with Gasteiger partial charge in [-0.05, 0) is 55.9 Å². The molecule has 0 saturated heterocycles. The van der Waals surface area contributed by atoms with Crippen LogP contribution in [-0.2, 0) is 6.42 Å². The van der Waals surface area contributed by atoms with E-state index in [9.17, 15) is 0 Å². The first-order valence-electron chi connectivity index (χ1n) is 9.45. The van der Waals surface area contributed by atoms with E-state index in [4.69, 9.17) is 9.47 Å². The van der Waals surface area contributed by atoms with Gasteiger partial charge in [-0.2, -0.15) is 0 Å². The number of nitrogens with zero attached hydrogens (tertiary/aromatic N) is 2. The zero-order valence-electron chi connectivity index (χ0n) is 17.9. The highest BCUT2D eigenvalue weighted by Crippen LogP contribution is 2.22. The minimum Gasteiger partial charge on any atom is -0.497 e. The molecular formula is C22H33IN4O2. The fourth-order valence-electron chi connectivity index (χ4n) is 2.98. The van der Waals surface area contributed by atoms with Gasteiger partial charge >= 0.3 is 0 Å². The van der Waals surface area contributed by atoms with Crippen LogP contribution in [0, 0.1) is 0 Å². The third-order valence-corrected chi connectivity index (χ3v) is 4.65. The van der Waals surface area contributed by atoms with E-state index >= 15 is 0 Å². The predicted octanol–water partition coefficient (Wildman–Crippen LogP) is 3.33. The fourth-order valence-corrected chi connectivity index (χ4v) is 2.98. The second-order valence-corrected chi connectivity index (χ2v) is 6.73. The molecule has 0 bridgehead atoms. The van der Waals surface area contributed by atoms with Gasteiger partial charge in [0.25, 0.3) is 0 Å². The number of hydrogen-bond donors (Lipinski definition) is 2. The molecule has 1 atom stereocenters. The Balaban J connectivity index is 0.00000420. The summed E-state index contributed by atoms with van der Waals surface area (Å²) in [6, 6.07) is 16.5. The largest absolute Gasteiger partial charge is 0.497 e. The summed E-state index contributed by atoms with van der Waals surface area (Å²) in [6.45, 7) is 1.54. The number of nitrogens with one attached hydrogen (secondary N) is 2. The number of rotatable bonds is 9. The van der Waals surface area contributed by atoms with Crippen LogP contribution in [0.1, 0.15) is 17.2 Å². The van der Waals surface area contributed by atoms with E-state index in [1.165, 1.54) is 11.1 Å². The summed E-state index contributed by atoms with van der Waals surface area (Å²) in [7, 11) is 9.31. The summed E-state index contributed by atoms with van der Waals surface area (Å²) in [6.07, 6.45) is 0.914. The zero-order chi connectivity index (χ0) is 20.4. The number of halogens is 1. The molecule has 2 N–H and O–H groups in total. The van der Waals surface area contributed by atoms with Gasteiger partial charge in [0.1, 0.15) is 11.5 Å². The molecule has 0 radical (unpaired) electrons. The second kappa shape index (κ2) is 13.3. The fraction of sp³-hybridized carbons (Fsp3) is 0.409. The third kappa shape index (κ3) is 8.10. The van der Waals surface area contributed by atoms with Gasteiger partial charge in [0.2, 0.25) is 0 Å². The van der Waals surface area contributed by atoms with Crippen LogP contribution in [0.3, 0.4) is 0 Å². The Kier molecular flexibility index (Phi) is 11.5. The van der Waals surface area contributed by atoms with E-state index in [2.05, 4.69) is 58.9 Å². The van der Waals surface area contributed by atoms with Crippen LogP contribution >= 0.6 is 24.0 Å². The van der Waals surface area contributed by atoms with E-state index in [1.807, 2.05) is 24.3 Å². The zero-order valence-corrected chi connectivity index (χ0v) is 20.3. The predicted molar refractivity (Wildman–Crippen MR) is 131 cm³/mol. The standard InChI is InChI=1S/C22H32N4O2.HI/c1-23-22(24-14-13-17-9-11-19(27-4)12-10-17)25-16-21(26(2)3)18-7-6-8-20(15-18)28-5;/h6-12,15,21H,13-14,16H2,1-5H3,(H2,23,24,25);1H. The number of benzene rings is 2. The summed E-state index contributed by atoms with van der Waals surface area (Å²) in [5, 5.41) is 6.81. The van der Waals surface area contributed by atoms with Gasteiger partial charge in [0, 0.05) is 20.1 Å². The Labute approximate surface area is 191 Å². The van der Waals surface area contributed by atoms with Crippen LogP contribution in [0.15, 0.2) is 53.5 Å². The van der Waals surface area contributed by atoms with Gasteiger partial charge in [0.05, 0.1) is 20.3 Å². The van der Waals surface area contributed by atoms with Crippen LogP contribution < -0.4 is 20.1 Å².